The summed E-state index contributed by atoms with van der Waals surface area (Å²) in [6.45, 7) is 7.81. The third kappa shape index (κ3) is 4.67. The van der Waals surface area contributed by atoms with Gasteiger partial charge in [0.15, 0.2) is 11.0 Å². The van der Waals surface area contributed by atoms with Crippen molar-refractivity contribution < 1.29 is 9.21 Å². The van der Waals surface area contributed by atoms with E-state index in [1.54, 1.807) is 0 Å². The predicted octanol–water partition coefficient (Wildman–Crippen LogP) is 3.56. The second kappa shape index (κ2) is 6.39. The van der Waals surface area contributed by atoms with Crippen LogP contribution in [-0.2, 0) is 23.1 Å². The third-order valence-electron chi connectivity index (χ3n) is 2.94. The van der Waals surface area contributed by atoms with Gasteiger partial charge in [0.25, 0.3) is 0 Å². The van der Waals surface area contributed by atoms with Crippen molar-refractivity contribution in [2.75, 3.05) is 5.32 Å². The fourth-order valence-corrected chi connectivity index (χ4v) is 2.72. The quantitative estimate of drug-likeness (QED) is 0.917. The molecule has 0 fully saturated rings. The molecule has 0 aliphatic heterocycles. The lowest BCUT2D eigenvalue weighted by Gasteiger charge is -2.13. The van der Waals surface area contributed by atoms with E-state index in [0.29, 0.717) is 5.13 Å². The fourth-order valence-electron chi connectivity index (χ4n) is 1.82. The van der Waals surface area contributed by atoms with Crippen molar-refractivity contribution >= 4 is 22.4 Å². The number of aryl methyl sites for hydroxylation is 2. The van der Waals surface area contributed by atoms with Crippen LogP contribution in [0.3, 0.4) is 0 Å². The van der Waals surface area contributed by atoms with Crippen LogP contribution < -0.4 is 5.32 Å². The average molecular weight is 307 g/mol. The molecule has 0 atom stereocenters. The molecule has 1 amide bonds. The van der Waals surface area contributed by atoms with Crippen molar-refractivity contribution in [3.8, 4) is 0 Å². The highest BCUT2D eigenvalue weighted by Gasteiger charge is 2.18. The highest BCUT2D eigenvalue weighted by molar-refractivity contribution is 7.15. The van der Waals surface area contributed by atoms with Gasteiger partial charge in [0.2, 0.25) is 5.91 Å². The van der Waals surface area contributed by atoms with Crippen molar-refractivity contribution in [3.63, 3.8) is 0 Å². The van der Waals surface area contributed by atoms with E-state index in [9.17, 15) is 4.79 Å². The van der Waals surface area contributed by atoms with Gasteiger partial charge < -0.3 is 9.73 Å². The first-order chi connectivity index (χ1) is 9.84. The van der Waals surface area contributed by atoms with Gasteiger partial charge in [-0.1, -0.05) is 20.8 Å². The van der Waals surface area contributed by atoms with E-state index < -0.39 is 0 Å². The van der Waals surface area contributed by atoms with Crippen LogP contribution >= 0.6 is 11.3 Å². The van der Waals surface area contributed by atoms with E-state index in [-0.39, 0.29) is 11.3 Å². The Morgan fingerprint density at radius 1 is 1.29 bits per heavy atom. The fraction of sp³-hybridized carbons (Fsp3) is 0.533. The molecule has 0 unspecified atom stereocenters. The van der Waals surface area contributed by atoms with Gasteiger partial charge in [0.1, 0.15) is 5.76 Å². The van der Waals surface area contributed by atoms with Crippen LogP contribution in [0.2, 0.25) is 0 Å². The Balaban J connectivity index is 1.83. The van der Waals surface area contributed by atoms with E-state index in [2.05, 4.69) is 36.1 Å². The molecule has 0 bridgehead atoms. The lowest BCUT2D eigenvalue weighted by atomic mass is 9.94. The number of thiazole rings is 1. The summed E-state index contributed by atoms with van der Waals surface area (Å²) in [7, 11) is 0. The van der Waals surface area contributed by atoms with E-state index in [1.807, 2.05) is 12.4 Å². The van der Waals surface area contributed by atoms with E-state index in [0.717, 1.165) is 35.8 Å². The Hall–Kier alpha value is -1.69. The molecule has 6 heteroatoms. The van der Waals surface area contributed by atoms with Crippen molar-refractivity contribution in [3.05, 3.63) is 28.9 Å². The minimum absolute atomic E-state index is 0.00379. The number of oxazole rings is 1. The SMILES string of the molecule is CC(=O)Nc1ncc(CCCc2ncc(C(C)(C)C)o2)s1. The van der Waals surface area contributed by atoms with Crippen molar-refractivity contribution in [1.82, 2.24) is 9.97 Å². The third-order valence-corrected chi connectivity index (χ3v) is 3.92. The van der Waals surface area contributed by atoms with E-state index >= 15 is 0 Å². The van der Waals surface area contributed by atoms with Gasteiger partial charge in [-0.3, -0.25) is 4.79 Å². The topological polar surface area (TPSA) is 68.0 Å². The number of anilines is 1. The summed E-state index contributed by atoms with van der Waals surface area (Å²) in [4.78, 5) is 20.6. The second-order valence-electron chi connectivity index (χ2n) is 6.03. The first-order valence-corrected chi connectivity index (χ1v) is 7.84. The molecule has 0 saturated carbocycles. The van der Waals surface area contributed by atoms with E-state index in [4.69, 9.17) is 4.42 Å². The molecule has 0 radical (unpaired) electrons. The standard InChI is InChI=1S/C15H21N3O2S/c1-10(19)18-14-17-8-11(21-14)6-5-7-13-16-9-12(20-13)15(2,3)4/h8-9H,5-7H2,1-4H3,(H,17,18,19). The Morgan fingerprint density at radius 2 is 2.05 bits per heavy atom. The molecule has 5 nitrogen and oxygen atoms in total. The van der Waals surface area contributed by atoms with Crippen molar-refractivity contribution in [1.29, 1.82) is 0 Å². The molecule has 21 heavy (non-hydrogen) atoms. The number of carbonyl (C=O) groups excluding carboxylic acids is 1. The van der Waals surface area contributed by atoms with Gasteiger partial charge in [0.05, 0.1) is 6.20 Å². The number of rotatable bonds is 5. The first-order valence-electron chi connectivity index (χ1n) is 7.02. The molecule has 2 aromatic rings. The van der Waals surface area contributed by atoms with Gasteiger partial charge >= 0.3 is 0 Å². The smallest absolute Gasteiger partial charge is 0.223 e. The molecule has 0 aromatic carbocycles. The maximum atomic E-state index is 10.9. The molecule has 0 aliphatic carbocycles. The normalized spacial score (nSPS) is 11.6. The van der Waals surface area contributed by atoms with Crippen LogP contribution in [0.15, 0.2) is 16.8 Å². The molecular formula is C15H21N3O2S. The number of nitrogens with one attached hydrogen (secondary N) is 1. The van der Waals surface area contributed by atoms with Crippen LogP contribution in [0, 0.1) is 0 Å². The maximum Gasteiger partial charge on any atom is 0.223 e. The molecule has 2 rings (SSSR count). The highest BCUT2D eigenvalue weighted by atomic mass is 32.1. The lowest BCUT2D eigenvalue weighted by Crippen LogP contribution is -2.09. The Bertz CT molecular complexity index is 610. The van der Waals surface area contributed by atoms with Crippen molar-refractivity contribution in [2.24, 2.45) is 0 Å². The van der Waals surface area contributed by atoms with Gasteiger partial charge in [-0.2, -0.15) is 0 Å². The number of aromatic nitrogens is 2. The number of amides is 1. The number of hydrogen-bond donors (Lipinski definition) is 1. The molecule has 0 aliphatic rings. The second-order valence-corrected chi connectivity index (χ2v) is 7.15. The lowest BCUT2D eigenvalue weighted by molar-refractivity contribution is -0.114. The Labute approximate surface area is 128 Å². The summed E-state index contributed by atoms with van der Waals surface area (Å²) in [5.74, 6) is 1.61. The molecule has 0 saturated heterocycles. The zero-order valence-corrected chi connectivity index (χ0v) is 13.7. The summed E-state index contributed by atoms with van der Waals surface area (Å²) >= 11 is 1.51. The monoisotopic (exact) mass is 307 g/mol. The summed E-state index contributed by atoms with van der Waals surface area (Å²) in [6.07, 6.45) is 6.29. The predicted molar refractivity (Wildman–Crippen MR) is 83.6 cm³/mol. The first kappa shape index (κ1) is 15.7. The molecule has 114 valence electrons. The summed E-state index contributed by atoms with van der Waals surface area (Å²) < 4.78 is 5.76. The largest absolute Gasteiger partial charge is 0.445 e. The summed E-state index contributed by atoms with van der Waals surface area (Å²) in [5, 5.41) is 3.35. The van der Waals surface area contributed by atoms with Crippen LogP contribution in [0.4, 0.5) is 5.13 Å². The van der Waals surface area contributed by atoms with E-state index in [1.165, 1.54) is 18.3 Å². The molecular weight excluding hydrogens is 286 g/mol. The summed E-state index contributed by atoms with van der Waals surface area (Å²) in [5.41, 5.74) is -0.00379. The van der Waals surface area contributed by atoms with Gasteiger partial charge in [-0.05, 0) is 12.8 Å². The van der Waals surface area contributed by atoms with Gasteiger partial charge in [-0.25, -0.2) is 9.97 Å². The zero-order chi connectivity index (χ0) is 15.5. The van der Waals surface area contributed by atoms with Gasteiger partial charge in [0, 0.05) is 29.8 Å². The minimum Gasteiger partial charge on any atom is -0.445 e. The molecule has 2 aromatic heterocycles. The average Bonchev–Trinajstić information content (AvgIpc) is 2.97. The maximum absolute atomic E-state index is 10.9. The summed E-state index contributed by atoms with van der Waals surface area (Å²) in [6, 6.07) is 0. The molecule has 0 spiro atoms. The van der Waals surface area contributed by atoms with Crippen LogP contribution in [0.5, 0.6) is 0 Å². The number of hydrogen-bond acceptors (Lipinski definition) is 5. The number of nitrogens with zero attached hydrogens (tertiary/aromatic N) is 2. The van der Waals surface area contributed by atoms with Crippen LogP contribution in [0.1, 0.15) is 50.6 Å². The molecule has 2 heterocycles. The Morgan fingerprint density at radius 3 is 2.67 bits per heavy atom. The number of carbonyl (C=O) groups is 1. The van der Waals surface area contributed by atoms with Gasteiger partial charge in [-0.15, -0.1) is 11.3 Å². The highest BCUT2D eigenvalue weighted by Crippen LogP contribution is 2.24. The Kier molecular flexibility index (Phi) is 4.77. The zero-order valence-electron chi connectivity index (χ0n) is 12.9. The molecule has 1 N–H and O–H groups in total. The van der Waals surface area contributed by atoms with Crippen molar-refractivity contribution in [2.45, 2.75) is 52.4 Å². The van der Waals surface area contributed by atoms with Crippen LogP contribution in [0.25, 0.3) is 0 Å². The van der Waals surface area contributed by atoms with Crippen LogP contribution in [-0.4, -0.2) is 15.9 Å². The minimum atomic E-state index is -0.0922.